The Kier molecular flexibility index (Phi) is 3.76. The summed E-state index contributed by atoms with van der Waals surface area (Å²) in [5.41, 5.74) is 9.88. The number of fused-ring (bicyclic) bond motifs is 4. The third kappa shape index (κ3) is 2.81. The third-order valence-electron chi connectivity index (χ3n) is 5.36. The summed E-state index contributed by atoms with van der Waals surface area (Å²) < 4.78 is 1.13. The molecule has 0 atom stereocenters. The van der Waals surface area contributed by atoms with E-state index in [0.29, 0.717) is 0 Å². The van der Waals surface area contributed by atoms with E-state index in [2.05, 4.69) is 93.6 Å². The van der Waals surface area contributed by atoms with Crippen LogP contribution in [0.25, 0.3) is 22.0 Å². The molecule has 27 heavy (non-hydrogen) atoms. The third-order valence-corrected chi connectivity index (χ3v) is 5.85. The maximum atomic E-state index is 4.49. The van der Waals surface area contributed by atoms with Crippen LogP contribution in [0.4, 0.5) is 11.5 Å². The van der Waals surface area contributed by atoms with Crippen LogP contribution in [0.5, 0.6) is 0 Å². The summed E-state index contributed by atoms with van der Waals surface area (Å²) >= 11 is 3.58. The molecule has 132 valence electrons. The number of anilines is 2. The number of rotatable bonds is 2. The van der Waals surface area contributed by atoms with Gasteiger partial charge in [0, 0.05) is 15.5 Å². The molecule has 0 saturated carbocycles. The van der Waals surface area contributed by atoms with Gasteiger partial charge < -0.3 is 5.32 Å². The maximum absolute atomic E-state index is 4.49. The van der Waals surface area contributed by atoms with Gasteiger partial charge in [-0.15, -0.1) is 0 Å². The van der Waals surface area contributed by atoms with Crippen molar-refractivity contribution in [3.63, 3.8) is 0 Å². The Balaban J connectivity index is 1.53. The predicted octanol–water partition coefficient (Wildman–Crippen LogP) is 6.32. The molecule has 1 aliphatic rings. The SMILES string of the molecule is Cc1cc2ncnc(Nc3ccc4c(c3)Cc3cc(Br)ccc3-4)c2cc1C. The molecule has 0 fully saturated rings. The Labute approximate surface area is 166 Å². The molecule has 3 aromatic carbocycles. The molecule has 4 heteroatoms. The van der Waals surface area contributed by atoms with Crippen LogP contribution in [-0.4, -0.2) is 9.97 Å². The van der Waals surface area contributed by atoms with Crippen molar-refractivity contribution in [1.82, 2.24) is 9.97 Å². The summed E-state index contributed by atoms with van der Waals surface area (Å²) in [6.07, 6.45) is 2.59. The molecule has 0 spiro atoms. The van der Waals surface area contributed by atoms with Crippen molar-refractivity contribution in [2.24, 2.45) is 0 Å². The van der Waals surface area contributed by atoms with Crippen molar-refractivity contribution in [3.05, 3.63) is 81.6 Å². The van der Waals surface area contributed by atoms with Crippen LogP contribution in [0.1, 0.15) is 22.3 Å². The van der Waals surface area contributed by atoms with E-state index >= 15 is 0 Å². The van der Waals surface area contributed by atoms with E-state index < -0.39 is 0 Å². The first kappa shape index (κ1) is 16.5. The van der Waals surface area contributed by atoms with Crippen LogP contribution in [0.15, 0.2) is 59.3 Å². The second kappa shape index (κ2) is 6.17. The van der Waals surface area contributed by atoms with Gasteiger partial charge in [0.1, 0.15) is 12.1 Å². The molecule has 3 nitrogen and oxygen atoms in total. The molecule has 5 rings (SSSR count). The van der Waals surface area contributed by atoms with E-state index in [4.69, 9.17) is 0 Å². The second-order valence-corrected chi connectivity index (χ2v) is 8.07. The van der Waals surface area contributed by atoms with Crippen LogP contribution >= 0.6 is 15.9 Å². The number of halogens is 1. The Morgan fingerprint density at radius 3 is 2.44 bits per heavy atom. The van der Waals surface area contributed by atoms with Gasteiger partial charge >= 0.3 is 0 Å². The highest BCUT2D eigenvalue weighted by atomic mass is 79.9. The van der Waals surface area contributed by atoms with E-state index in [0.717, 1.165) is 33.3 Å². The predicted molar refractivity (Wildman–Crippen MR) is 115 cm³/mol. The highest BCUT2D eigenvalue weighted by molar-refractivity contribution is 9.10. The molecule has 0 unspecified atom stereocenters. The number of hydrogen-bond acceptors (Lipinski definition) is 3. The number of nitrogens with zero attached hydrogens (tertiary/aromatic N) is 2. The van der Waals surface area contributed by atoms with Gasteiger partial charge in [-0.3, -0.25) is 0 Å². The normalized spacial score (nSPS) is 12.1. The maximum Gasteiger partial charge on any atom is 0.141 e. The summed E-state index contributed by atoms with van der Waals surface area (Å²) in [6, 6.07) is 17.4. The number of nitrogens with one attached hydrogen (secondary N) is 1. The molecule has 1 aliphatic carbocycles. The van der Waals surface area contributed by atoms with Crippen LogP contribution in [0, 0.1) is 13.8 Å². The summed E-state index contributed by atoms with van der Waals surface area (Å²) in [6.45, 7) is 4.23. The van der Waals surface area contributed by atoms with Crippen molar-refractivity contribution in [2.75, 3.05) is 5.32 Å². The molecule has 0 aliphatic heterocycles. The lowest BCUT2D eigenvalue weighted by Crippen LogP contribution is -1.97. The minimum Gasteiger partial charge on any atom is -0.340 e. The van der Waals surface area contributed by atoms with E-state index in [9.17, 15) is 0 Å². The van der Waals surface area contributed by atoms with Crippen molar-refractivity contribution < 1.29 is 0 Å². The number of aromatic nitrogens is 2. The summed E-state index contributed by atoms with van der Waals surface area (Å²) in [5.74, 6) is 0.848. The van der Waals surface area contributed by atoms with E-state index in [1.165, 1.54) is 33.4 Å². The van der Waals surface area contributed by atoms with E-state index in [1.807, 2.05) is 0 Å². The Bertz CT molecular complexity index is 1210. The van der Waals surface area contributed by atoms with Crippen molar-refractivity contribution in [2.45, 2.75) is 20.3 Å². The smallest absolute Gasteiger partial charge is 0.141 e. The Hall–Kier alpha value is -2.72. The molecule has 0 saturated heterocycles. The zero-order chi connectivity index (χ0) is 18.5. The lowest BCUT2D eigenvalue weighted by Gasteiger charge is -2.11. The largest absolute Gasteiger partial charge is 0.340 e. The van der Waals surface area contributed by atoms with Gasteiger partial charge in [0.25, 0.3) is 0 Å². The summed E-state index contributed by atoms with van der Waals surface area (Å²) in [5, 5.41) is 4.55. The first-order valence-electron chi connectivity index (χ1n) is 8.99. The molecule has 1 aromatic heterocycles. The summed E-state index contributed by atoms with van der Waals surface area (Å²) in [4.78, 5) is 8.91. The molecule has 4 aromatic rings. The van der Waals surface area contributed by atoms with Gasteiger partial charge in [-0.1, -0.05) is 28.1 Å². The second-order valence-electron chi connectivity index (χ2n) is 7.15. The Morgan fingerprint density at radius 1 is 0.852 bits per heavy atom. The van der Waals surface area contributed by atoms with Crippen molar-refractivity contribution in [1.29, 1.82) is 0 Å². The number of benzene rings is 3. The quantitative estimate of drug-likeness (QED) is 0.366. The van der Waals surface area contributed by atoms with Crippen LogP contribution in [0.2, 0.25) is 0 Å². The molecule has 0 amide bonds. The van der Waals surface area contributed by atoms with E-state index in [-0.39, 0.29) is 0 Å². The lowest BCUT2D eigenvalue weighted by molar-refractivity contribution is 1.20. The molecular weight excluding hydrogens is 398 g/mol. The fourth-order valence-electron chi connectivity index (χ4n) is 3.81. The standard InChI is InChI=1S/C23H18BrN3/c1-13-7-21-22(8-14(13)2)25-12-26-23(21)27-18-4-6-20-16(11-18)9-15-10-17(24)3-5-19(15)20/h3-8,10-12H,9H2,1-2H3,(H,25,26,27). The van der Waals surface area contributed by atoms with Crippen LogP contribution in [-0.2, 0) is 6.42 Å². The van der Waals surface area contributed by atoms with Crippen molar-refractivity contribution in [3.8, 4) is 11.1 Å². The first-order chi connectivity index (χ1) is 13.1. The lowest BCUT2D eigenvalue weighted by atomic mass is 10.1. The van der Waals surface area contributed by atoms with Gasteiger partial charge in [-0.05, 0) is 90.0 Å². The zero-order valence-corrected chi connectivity index (χ0v) is 16.8. The van der Waals surface area contributed by atoms with Gasteiger partial charge in [-0.2, -0.15) is 0 Å². The molecule has 0 bridgehead atoms. The topological polar surface area (TPSA) is 37.8 Å². The highest BCUT2D eigenvalue weighted by Crippen LogP contribution is 2.39. The zero-order valence-electron chi connectivity index (χ0n) is 15.2. The molecule has 0 radical (unpaired) electrons. The molecular formula is C23H18BrN3. The minimum absolute atomic E-state index is 0.848. The monoisotopic (exact) mass is 415 g/mol. The minimum atomic E-state index is 0.848. The van der Waals surface area contributed by atoms with Gasteiger partial charge in [0.15, 0.2) is 0 Å². The fourth-order valence-corrected chi connectivity index (χ4v) is 4.22. The molecule has 1 heterocycles. The van der Waals surface area contributed by atoms with Gasteiger partial charge in [0.2, 0.25) is 0 Å². The Morgan fingerprint density at radius 2 is 1.59 bits per heavy atom. The number of aryl methyl sites for hydroxylation is 2. The van der Waals surface area contributed by atoms with Crippen LogP contribution < -0.4 is 5.32 Å². The first-order valence-corrected chi connectivity index (χ1v) is 9.78. The van der Waals surface area contributed by atoms with Crippen LogP contribution in [0.3, 0.4) is 0 Å². The summed E-state index contributed by atoms with van der Waals surface area (Å²) in [7, 11) is 0. The fraction of sp³-hybridized carbons (Fsp3) is 0.130. The van der Waals surface area contributed by atoms with Gasteiger partial charge in [0.05, 0.1) is 5.52 Å². The number of hydrogen-bond donors (Lipinski definition) is 1. The van der Waals surface area contributed by atoms with Gasteiger partial charge in [-0.25, -0.2) is 9.97 Å². The average molecular weight is 416 g/mol. The van der Waals surface area contributed by atoms with E-state index in [1.54, 1.807) is 6.33 Å². The van der Waals surface area contributed by atoms with Crippen molar-refractivity contribution >= 4 is 38.3 Å². The average Bonchev–Trinajstić information content (AvgIpc) is 3.00. The molecule has 1 N–H and O–H groups in total. The highest BCUT2D eigenvalue weighted by Gasteiger charge is 2.19.